The van der Waals surface area contributed by atoms with Gasteiger partial charge in [0.2, 0.25) is 0 Å². The van der Waals surface area contributed by atoms with Crippen LogP contribution < -0.4 is 20.3 Å². The molecule has 0 fully saturated rings. The maximum absolute atomic E-state index is 14.0. The Morgan fingerprint density at radius 1 is 1.30 bits per heavy atom. The fourth-order valence-corrected chi connectivity index (χ4v) is 3.51. The molecular formula is C13H13FN2O3Se. The Kier molecular flexibility index (Phi) is 4.89. The molecule has 0 atom stereocenters. The molecule has 1 heterocycles. The van der Waals surface area contributed by atoms with Gasteiger partial charge >= 0.3 is 120 Å². The molecule has 1 N–H and O–H groups in total. The summed E-state index contributed by atoms with van der Waals surface area (Å²) in [4.78, 5) is 25.1. The summed E-state index contributed by atoms with van der Waals surface area (Å²) >= 11 is -0.490. The SMILES string of the molecule is CCOCn1c([Se]c2ccccc2)c(F)c(=O)[nH]c1=O. The van der Waals surface area contributed by atoms with Crippen LogP contribution in [0.3, 0.4) is 0 Å². The number of nitrogens with zero attached hydrogens (tertiary/aromatic N) is 1. The predicted molar refractivity (Wildman–Crippen MR) is 74.4 cm³/mol. The van der Waals surface area contributed by atoms with Gasteiger partial charge in [-0.3, -0.25) is 0 Å². The number of aromatic amines is 1. The number of hydrogen-bond acceptors (Lipinski definition) is 3. The van der Waals surface area contributed by atoms with E-state index in [-0.39, 0.29) is 11.3 Å². The summed E-state index contributed by atoms with van der Waals surface area (Å²) in [5.41, 5.74) is -1.65. The van der Waals surface area contributed by atoms with E-state index in [9.17, 15) is 14.0 Å². The number of benzene rings is 1. The Morgan fingerprint density at radius 3 is 2.65 bits per heavy atom. The van der Waals surface area contributed by atoms with Gasteiger partial charge in [-0.05, 0) is 0 Å². The maximum atomic E-state index is 14.0. The molecule has 106 valence electrons. The van der Waals surface area contributed by atoms with Gasteiger partial charge in [-0.25, -0.2) is 0 Å². The van der Waals surface area contributed by atoms with Crippen molar-refractivity contribution in [3.8, 4) is 0 Å². The Balaban J connectivity index is 2.48. The van der Waals surface area contributed by atoms with Crippen molar-refractivity contribution in [3.63, 3.8) is 0 Å². The van der Waals surface area contributed by atoms with Crippen LogP contribution >= 0.6 is 0 Å². The van der Waals surface area contributed by atoms with Crippen LogP contribution in [0.5, 0.6) is 0 Å². The minimum absolute atomic E-state index is 0.0764. The van der Waals surface area contributed by atoms with E-state index in [0.717, 1.165) is 9.03 Å². The topological polar surface area (TPSA) is 64.1 Å². The minimum atomic E-state index is -0.990. The second kappa shape index (κ2) is 6.65. The van der Waals surface area contributed by atoms with Gasteiger partial charge in [0.15, 0.2) is 0 Å². The first-order valence-corrected chi connectivity index (χ1v) is 7.68. The second-order valence-electron chi connectivity index (χ2n) is 3.84. The van der Waals surface area contributed by atoms with Crippen LogP contribution in [0.4, 0.5) is 4.39 Å². The van der Waals surface area contributed by atoms with Crippen molar-refractivity contribution in [1.29, 1.82) is 0 Å². The van der Waals surface area contributed by atoms with Gasteiger partial charge in [-0.15, -0.1) is 0 Å². The van der Waals surface area contributed by atoms with E-state index in [1.165, 1.54) is 0 Å². The van der Waals surface area contributed by atoms with Crippen LogP contribution in [-0.2, 0) is 11.5 Å². The molecule has 0 aliphatic rings. The van der Waals surface area contributed by atoms with E-state index in [0.29, 0.717) is 6.61 Å². The number of nitrogens with one attached hydrogen (secondary N) is 1. The van der Waals surface area contributed by atoms with Crippen molar-refractivity contribution >= 4 is 24.0 Å². The fourth-order valence-electron chi connectivity index (χ4n) is 1.53. The van der Waals surface area contributed by atoms with Crippen LogP contribution in [-0.4, -0.2) is 31.1 Å². The zero-order valence-corrected chi connectivity index (χ0v) is 12.5. The molecule has 2 aromatic rings. The van der Waals surface area contributed by atoms with Gasteiger partial charge in [0.05, 0.1) is 0 Å². The van der Waals surface area contributed by atoms with E-state index in [2.05, 4.69) is 0 Å². The molecule has 0 unspecified atom stereocenters. The Labute approximate surface area is 120 Å². The van der Waals surface area contributed by atoms with E-state index in [4.69, 9.17) is 4.74 Å². The number of hydrogen-bond donors (Lipinski definition) is 1. The van der Waals surface area contributed by atoms with Gasteiger partial charge in [-0.1, -0.05) is 0 Å². The average Bonchev–Trinajstić information content (AvgIpc) is 2.45. The molecule has 20 heavy (non-hydrogen) atoms. The van der Waals surface area contributed by atoms with Crippen LogP contribution in [0.2, 0.25) is 0 Å². The monoisotopic (exact) mass is 344 g/mol. The van der Waals surface area contributed by atoms with Gasteiger partial charge in [-0.2, -0.15) is 0 Å². The summed E-state index contributed by atoms with van der Waals surface area (Å²) in [6.07, 6.45) is 0. The molecule has 0 radical (unpaired) electrons. The molecule has 0 bridgehead atoms. The molecule has 0 saturated heterocycles. The van der Waals surface area contributed by atoms with Crippen molar-refractivity contribution in [2.75, 3.05) is 6.61 Å². The Morgan fingerprint density at radius 2 is 2.00 bits per heavy atom. The zero-order chi connectivity index (χ0) is 14.5. The Hall–Kier alpha value is -1.69. The molecule has 1 aromatic carbocycles. The molecule has 0 amide bonds. The van der Waals surface area contributed by atoms with E-state index in [1.807, 2.05) is 35.3 Å². The second-order valence-corrected chi connectivity index (χ2v) is 6.07. The van der Waals surface area contributed by atoms with Gasteiger partial charge in [0.1, 0.15) is 0 Å². The third-order valence-corrected chi connectivity index (χ3v) is 4.79. The first-order chi connectivity index (χ1) is 9.63. The molecule has 0 spiro atoms. The van der Waals surface area contributed by atoms with Gasteiger partial charge in [0.25, 0.3) is 0 Å². The van der Waals surface area contributed by atoms with Crippen molar-refractivity contribution in [2.24, 2.45) is 0 Å². The molecular weight excluding hydrogens is 330 g/mol. The van der Waals surface area contributed by atoms with Crippen molar-refractivity contribution in [3.05, 3.63) is 57.0 Å². The van der Waals surface area contributed by atoms with E-state index in [1.54, 1.807) is 6.92 Å². The average molecular weight is 343 g/mol. The number of H-pyrrole nitrogens is 1. The van der Waals surface area contributed by atoms with Crippen molar-refractivity contribution < 1.29 is 9.13 Å². The molecule has 7 heteroatoms. The zero-order valence-electron chi connectivity index (χ0n) is 10.8. The van der Waals surface area contributed by atoms with Crippen molar-refractivity contribution in [1.82, 2.24) is 9.55 Å². The van der Waals surface area contributed by atoms with Crippen LogP contribution in [0.15, 0.2) is 39.9 Å². The summed E-state index contributed by atoms with van der Waals surface area (Å²) in [6, 6.07) is 9.16. The van der Waals surface area contributed by atoms with Crippen LogP contribution in [0, 0.1) is 5.82 Å². The summed E-state index contributed by atoms with van der Waals surface area (Å²) in [5, 5.41) is 0. The Bertz CT molecular complexity index is 697. The standard InChI is InChI=1S/C13H13FN2O3Se/c1-2-19-8-16-12(10(14)11(17)15-13(16)18)20-9-6-4-3-5-7-9/h3-7H,2,8H2,1H3,(H,15,17,18). The summed E-state index contributed by atoms with van der Waals surface area (Å²) in [5.74, 6) is -0.923. The van der Waals surface area contributed by atoms with Crippen molar-refractivity contribution in [2.45, 2.75) is 13.7 Å². The third kappa shape index (κ3) is 3.25. The quantitative estimate of drug-likeness (QED) is 0.732. The normalized spacial score (nSPS) is 10.7. The number of aromatic nitrogens is 2. The summed E-state index contributed by atoms with van der Waals surface area (Å²) in [7, 11) is 0. The molecule has 0 aliphatic heterocycles. The molecule has 1 aromatic heterocycles. The number of halogens is 1. The summed E-state index contributed by atoms with van der Waals surface area (Å²) < 4.78 is 21.3. The van der Waals surface area contributed by atoms with E-state index < -0.39 is 32.0 Å². The molecule has 5 nitrogen and oxygen atoms in total. The number of rotatable bonds is 5. The van der Waals surface area contributed by atoms with Gasteiger partial charge in [0, 0.05) is 0 Å². The number of ether oxygens (including phenoxy) is 1. The molecule has 2 rings (SSSR count). The summed E-state index contributed by atoms with van der Waals surface area (Å²) in [6.45, 7) is 2.09. The first-order valence-electron chi connectivity index (χ1n) is 5.96. The van der Waals surface area contributed by atoms with Crippen LogP contribution in [0.25, 0.3) is 0 Å². The third-order valence-electron chi connectivity index (χ3n) is 2.48. The van der Waals surface area contributed by atoms with Gasteiger partial charge < -0.3 is 0 Å². The fraction of sp³-hybridized carbons (Fsp3) is 0.231. The first kappa shape index (κ1) is 14.7. The van der Waals surface area contributed by atoms with Crippen LogP contribution in [0.1, 0.15) is 6.92 Å². The molecule has 0 saturated carbocycles. The predicted octanol–water partition coefficient (Wildman–Crippen LogP) is -0.675. The molecule has 0 aliphatic carbocycles. The van der Waals surface area contributed by atoms with E-state index >= 15 is 0 Å².